The number of nitrogens with zero attached hydrogens (tertiary/aromatic N) is 1. The number of hydrogen-bond acceptors (Lipinski definition) is 3. The van der Waals surface area contributed by atoms with Crippen LogP contribution >= 0.6 is 11.6 Å². The molecule has 0 heterocycles. The van der Waals surface area contributed by atoms with Crippen molar-refractivity contribution in [2.75, 3.05) is 18.4 Å². The van der Waals surface area contributed by atoms with Crippen LogP contribution in [0.15, 0.2) is 18.2 Å². The van der Waals surface area contributed by atoms with Crippen LogP contribution in [-0.4, -0.2) is 40.9 Å². The second kappa shape index (κ2) is 8.85. The zero-order valence-electron chi connectivity index (χ0n) is 15.1. The number of benzene rings is 1. The molecule has 0 aliphatic heterocycles. The van der Waals surface area contributed by atoms with Crippen LogP contribution in [0, 0.1) is 5.41 Å². The maximum atomic E-state index is 12.4. The summed E-state index contributed by atoms with van der Waals surface area (Å²) in [4.78, 5) is 36.9. The highest BCUT2D eigenvalue weighted by Crippen LogP contribution is 2.27. The van der Waals surface area contributed by atoms with Gasteiger partial charge in [0.1, 0.15) is 0 Å². The van der Waals surface area contributed by atoms with Gasteiger partial charge in [-0.15, -0.1) is 0 Å². The minimum atomic E-state index is -0.944. The smallest absolute Gasteiger partial charge is 0.303 e. The maximum absolute atomic E-state index is 12.4. The second-order valence-electron chi connectivity index (χ2n) is 6.63. The molecule has 0 saturated heterocycles. The van der Waals surface area contributed by atoms with E-state index < -0.39 is 11.4 Å². The molecule has 0 fully saturated rings. The van der Waals surface area contributed by atoms with Crippen LogP contribution in [0.4, 0.5) is 5.69 Å². The first-order chi connectivity index (χ1) is 11.6. The molecule has 2 amide bonds. The Labute approximate surface area is 153 Å². The largest absolute Gasteiger partial charge is 0.481 e. The van der Waals surface area contributed by atoms with E-state index in [0.29, 0.717) is 24.3 Å². The normalized spacial score (nSPS) is 11.1. The Balaban J connectivity index is 2.82. The molecule has 6 nitrogen and oxygen atoms in total. The topological polar surface area (TPSA) is 86.7 Å². The fourth-order valence-corrected chi connectivity index (χ4v) is 2.82. The van der Waals surface area contributed by atoms with Gasteiger partial charge in [-0.05, 0) is 37.5 Å². The van der Waals surface area contributed by atoms with Gasteiger partial charge in [0.2, 0.25) is 5.91 Å². The van der Waals surface area contributed by atoms with Gasteiger partial charge in [0.25, 0.3) is 5.91 Å². The molecular weight excluding hydrogens is 344 g/mol. The minimum absolute atomic E-state index is 0.0665. The quantitative estimate of drug-likeness (QED) is 0.733. The molecule has 1 rings (SSSR count). The summed E-state index contributed by atoms with van der Waals surface area (Å²) < 4.78 is 0. The van der Waals surface area contributed by atoms with Crippen LogP contribution in [0.1, 0.15) is 50.9 Å². The SMILES string of the molecule is CCN(CC)C(=O)c1ccc(NC(=O)CC(C)(C)CC(=O)O)cc1Cl. The lowest BCUT2D eigenvalue weighted by atomic mass is 9.85. The minimum Gasteiger partial charge on any atom is -0.481 e. The van der Waals surface area contributed by atoms with Crippen molar-refractivity contribution in [3.05, 3.63) is 28.8 Å². The molecule has 0 spiro atoms. The van der Waals surface area contributed by atoms with Gasteiger partial charge in [-0.1, -0.05) is 25.4 Å². The maximum Gasteiger partial charge on any atom is 0.303 e. The van der Waals surface area contributed by atoms with Crippen LogP contribution in [0.2, 0.25) is 5.02 Å². The summed E-state index contributed by atoms with van der Waals surface area (Å²) in [7, 11) is 0. The standard InChI is InChI=1S/C18H25ClN2O4/c1-5-21(6-2)17(25)13-8-7-12(9-14(13)19)20-15(22)10-18(3,4)11-16(23)24/h7-9H,5-6,10-11H2,1-4H3,(H,20,22)(H,23,24). The lowest BCUT2D eigenvalue weighted by molar-refractivity contribution is -0.139. The molecule has 1 aromatic carbocycles. The van der Waals surface area contributed by atoms with Crippen LogP contribution in [-0.2, 0) is 9.59 Å². The van der Waals surface area contributed by atoms with E-state index >= 15 is 0 Å². The van der Waals surface area contributed by atoms with Crippen LogP contribution in [0.5, 0.6) is 0 Å². The zero-order chi connectivity index (χ0) is 19.2. The second-order valence-corrected chi connectivity index (χ2v) is 7.04. The molecule has 1 aromatic rings. The lowest BCUT2D eigenvalue weighted by Crippen LogP contribution is -2.30. The van der Waals surface area contributed by atoms with Gasteiger partial charge in [-0.3, -0.25) is 14.4 Å². The summed E-state index contributed by atoms with van der Waals surface area (Å²) in [5.74, 6) is -1.40. The Morgan fingerprint density at radius 3 is 2.24 bits per heavy atom. The number of carbonyl (C=O) groups excluding carboxylic acids is 2. The van der Waals surface area contributed by atoms with E-state index in [1.165, 1.54) is 6.07 Å². The van der Waals surface area contributed by atoms with Crippen molar-refractivity contribution >= 4 is 35.1 Å². The van der Waals surface area contributed by atoms with Crippen molar-refractivity contribution in [3.8, 4) is 0 Å². The molecule has 138 valence electrons. The van der Waals surface area contributed by atoms with Crippen molar-refractivity contribution in [2.24, 2.45) is 5.41 Å². The van der Waals surface area contributed by atoms with E-state index in [9.17, 15) is 14.4 Å². The van der Waals surface area contributed by atoms with Crippen molar-refractivity contribution in [3.63, 3.8) is 0 Å². The Bertz CT molecular complexity index is 654. The summed E-state index contributed by atoms with van der Waals surface area (Å²) in [6.45, 7) is 8.40. The first kappa shape index (κ1) is 21.0. The van der Waals surface area contributed by atoms with Crippen LogP contribution in [0.25, 0.3) is 0 Å². The summed E-state index contributed by atoms with van der Waals surface area (Å²) in [5.41, 5.74) is 0.199. The number of rotatable bonds is 8. The zero-order valence-corrected chi connectivity index (χ0v) is 15.8. The monoisotopic (exact) mass is 368 g/mol. The number of carboxylic acids is 1. The average Bonchev–Trinajstić information content (AvgIpc) is 2.46. The molecule has 0 radical (unpaired) electrons. The molecular formula is C18H25ClN2O4. The Morgan fingerprint density at radius 1 is 1.16 bits per heavy atom. The van der Waals surface area contributed by atoms with Crippen molar-refractivity contribution in [2.45, 2.75) is 40.5 Å². The molecule has 25 heavy (non-hydrogen) atoms. The first-order valence-electron chi connectivity index (χ1n) is 8.20. The van der Waals surface area contributed by atoms with Gasteiger partial charge >= 0.3 is 5.97 Å². The number of hydrogen-bond donors (Lipinski definition) is 2. The van der Waals surface area contributed by atoms with Gasteiger partial charge in [-0.25, -0.2) is 0 Å². The number of carboxylic acid groups (broad SMARTS) is 1. The number of anilines is 1. The van der Waals surface area contributed by atoms with Gasteiger partial charge in [0.05, 0.1) is 17.0 Å². The molecule has 2 N–H and O–H groups in total. The fourth-order valence-electron chi connectivity index (χ4n) is 2.56. The molecule has 0 aliphatic rings. The third-order valence-corrected chi connectivity index (χ3v) is 4.12. The number of carbonyl (C=O) groups is 3. The fraction of sp³-hybridized carbons (Fsp3) is 0.500. The number of amides is 2. The molecule has 0 atom stereocenters. The van der Waals surface area contributed by atoms with Gasteiger partial charge in [-0.2, -0.15) is 0 Å². The summed E-state index contributed by atoms with van der Waals surface area (Å²) in [6, 6.07) is 4.73. The van der Waals surface area contributed by atoms with Crippen molar-refractivity contribution in [1.29, 1.82) is 0 Å². The van der Waals surface area contributed by atoms with E-state index in [4.69, 9.17) is 16.7 Å². The van der Waals surface area contributed by atoms with Gasteiger partial charge < -0.3 is 15.3 Å². The first-order valence-corrected chi connectivity index (χ1v) is 8.58. The van der Waals surface area contributed by atoms with E-state index in [0.717, 1.165) is 0 Å². The number of halogens is 1. The van der Waals surface area contributed by atoms with Gasteiger partial charge in [0.15, 0.2) is 0 Å². The van der Waals surface area contributed by atoms with Crippen molar-refractivity contribution in [1.82, 2.24) is 4.90 Å². The van der Waals surface area contributed by atoms with Crippen LogP contribution < -0.4 is 5.32 Å². The molecule has 0 unspecified atom stereocenters. The molecule has 7 heteroatoms. The molecule has 0 aromatic heterocycles. The summed E-state index contributed by atoms with van der Waals surface area (Å²) in [5, 5.41) is 11.8. The third kappa shape index (κ3) is 6.38. The molecule has 0 bridgehead atoms. The number of nitrogens with one attached hydrogen (secondary N) is 1. The van der Waals surface area contributed by atoms with E-state index in [2.05, 4.69) is 5.32 Å². The summed E-state index contributed by atoms with van der Waals surface area (Å²) >= 11 is 6.19. The number of aliphatic carboxylic acids is 1. The molecule has 0 aliphatic carbocycles. The Hall–Kier alpha value is -2.08. The van der Waals surface area contributed by atoms with Gasteiger partial charge in [0, 0.05) is 25.2 Å². The highest BCUT2D eigenvalue weighted by molar-refractivity contribution is 6.34. The molecule has 0 saturated carbocycles. The summed E-state index contributed by atoms with van der Waals surface area (Å²) in [6.07, 6.45) is -0.0322. The Morgan fingerprint density at radius 2 is 1.76 bits per heavy atom. The predicted octanol–water partition coefficient (Wildman–Crippen LogP) is 3.65. The highest BCUT2D eigenvalue weighted by atomic mass is 35.5. The Kier molecular flexibility index (Phi) is 7.42. The van der Waals surface area contributed by atoms with E-state index in [-0.39, 0.29) is 29.7 Å². The van der Waals surface area contributed by atoms with E-state index in [1.807, 2.05) is 13.8 Å². The lowest BCUT2D eigenvalue weighted by Gasteiger charge is -2.22. The van der Waals surface area contributed by atoms with E-state index in [1.54, 1.807) is 30.9 Å². The van der Waals surface area contributed by atoms with Crippen molar-refractivity contribution < 1.29 is 19.5 Å². The average molecular weight is 369 g/mol. The third-order valence-electron chi connectivity index (χ3n) is 3.80. The predicted molar refractivity (Wildman–Crippen MR) is 98.0 cm³/mol. The van der Waals surface area contributed by atoms with Crippen LogP contribution in [0.3, 0.4) is 0 Å². The highest BCUT2D eigenvalue weighted by Gasteiger charge is 2.25.